The molecule has 6 nitrogen and oxygen atoms in total. The molecule has 3 N–H and O–H groups in total. The van der Waals surface area contributed by atoms with Crippen molar-refractivity contribution < 1.29 is 9.59 Å². The fraction of sp³-hybridized carbons (Fsp3) is 0.389. The summed E-state index contributed by atoms with van der Waals surface area (Å²) in [5, 5.41) is 5.59. The van der Waals surface area contributed by atoms with Gasteiger partial charge in [-0.1, -0.05) is 43.7 Å². The highest BCUT2D eigenvalue weighted by Crippen LogP contribution is 2.06. The summed E-state index contributed by atoms with van der Waals surface area (Å²) >= 11 is 0. The van der Waals surface area contributed by atoms with E-state index in [1.165, 1.54) is 11.9 Å². The highest BCUT2D eigenvalue weighted by molar-refractivity contribution is 6.04. The Morgan fingerprint density at radius 1 is 1.12 bits per heavy atom. The van der Waals surface area contributed by atoms with E-state index < -0.39 is 0 Å². The van der Waals surface area contributed by atoms with Crippen LogP contribution in [0.25, 0.3) is 0 Å². The van der Waals surface area contributed by atoms with Crippen LogP contribution in [0.4, 0.5) is 0 Å². The van der Waals surface area contributed by atoms with Crippen molar-refractivity contribution in [3.63, 3.8) is 0 Å². The summed E-state index contributed by atoms with van der Waals surface area (Å²) in [6.07, 6.45) is 2.24. The number of carbonyl (C=O) groups is 2. The number of benzene rings is 1. The molecule has 6 heteroatoms. The van der Waals surface area contributed by atoms with Gasteiger partial charge in [-0.05, 0) is 24.8 Å². The van der Waals surface area contributed by atoms with Crippen LogP contribution in [0.1, 0.15) is 52.4 Å². The van der Waals surface area contributed by atoms with Gasteiger partial charge in [-0.2, -0.15) is 0 Å². The number of amides is 2. The summed E-state index contributed by atoms with van der Waals surface area (Å²) in [6, 6.07) is 7.90. The summed E-state index contributed by atoms with van der Waals surface area (Å²) in [6.45, 7) is 7.15. The minimum Gasteiger partial charge on any atom is -0.351 e. The Kier molecular flexibility index (Phi) is 6.12. The monoisotopic (exact) mass is 328 g/mol. The molecule has 0 bridgehead atoms. The van der Waals surface area contributed by atoms with Crippen LogP contribution < -0.4 is 10.6 Å². The van der Waals surface area contributed by atoms with Crippen molar-refractivity contribution in [2.75, 3.05) is 6.54 Å². The van der Waals surface area contributed by atoms with Gasteiger partial charge in [0, 0.05) is 13.1 Å². The second-order valence-electron chi connectivity index (χ2n) is 6.23. The number of aromatic amines is 1. The van der Waals surface area contributed by atoms with Gasteiger partial charge in [0.2, 0.25) is 0 Å². The molecular weight excluding hydrogens is 304 g/mol. The topological polar surface area (TPSA) is 86.9 Å². The molecular formula is C18H24N4O2. The average molecular weight is 328 g/mol. The summed E-state index contributed by atoms with van der Waals surface area (Å²) in [5.74, 6) is -0.179. The van der Waals surface area contributed by atoms with Gasteiger partial charge in [-0.25, -0.2) is 4.98 Å². The second-order valence-corrected chi connectivity index (χ2v) is 6.23. The molecule has 0 aliphatic carbocycles. The number of aromatic nitrogens is 2. The number of H-pyrrole nitrogens is 1. The van der Waals surface area contributed by atoms with E-state index in [2.05, 4.69) is 34.4 Å². The molecule has 0 radical (unpaired) electrons. The van der Waals surface area contributed by atoms with Crippen molar-refractivity contribution in [2.45, 2.75) is 33.7 Å². The quantitative estimate of drug-likeness (QED) is 0.729. The number of rotatable bonds is 7. The third kappa shape index (κ3) is 4.94. The van der Waals surface area contributed by atoms with Gasteiger partial charge in [0.1, 0.15) is 5.69 Å². The Bertz CT molecular complexity index is 689. The molecule has 2 rings (SSSR count). The molecule has 0 unspecified atom stereocenters. The molecule has 24 heavy (non-hydrogen) atoms. The van der Waals surface area contributed by atoms with Crippen LogP contribution in [-0.4, -0.2) is 28.3 Å². The zero-order valence-electron chi connectivity index (χ0n) is 14.3. The van der Waals surface area contributed by atoms with Gasteiger partial charge in [-0.3, -0.25) is 9.59 Å². The van der Waals surface area contributed by atoms with Gasteiger partial charge in [0.05, 0.1) is 6.33 Å². The van der Waals surface area contributed by atoms with E-state index in [1.807, 2.05) is 31.2 Å². The number of carbonyl (C=O) groups excluding carboxylic acids is 2. The number of nitrogens with zero attached hydrogens (tertiary/aromatic N) is 1. The lowest BCUT2D eigenvalue weighted by molar-refractivity contribution is 0.0912. The van der Waals surface area contributed by atoms with E-state index >= 15 is 0 Å². The first-order valence-electron chi connectivity index (χ1n) is 8.12. The number of hydrogen-bond donors (Lipinski definition) is 3. The van der Waals surface area contributed by atoms with E-state index in [9.17, 15) is 9.59 Å². The molecule has 1 aromatic heterocycles. The van der Waals surface area contributed by atoms with Crippen molar-refractivity contribution in [3.05, 3.63) is 53.1 Å². The van der Waals surface area contributed by atoms with Gasteiger partial charge in [-0.15, -0.1) is 0 Å². The van der Waals surface area contributed by atoms with Crippen LogP contribution in [0.15, 0.2) is 30.6 Å². The first kappa shape index (κ1) is 17.7. The predicted molar refractivity (Wildman–Crippen MR) is 92.7 cm³/mol. The Morgan fingerprint density at radius 2 is 1.83 bits per heavy atom. The highest BCUT2D eigenvalue weighted by atomic mass is 16.2. The minimum atomic E-state index is -0.345. The zero-order chi connectivity index (χ0) is 17.5. The minimum absolute atomic E-state index is 0.125. The maximum Gasteiger partial charge on any atom is 0.272 e. The molecule has 0 fully saturated rings. The smallest absolute Gasteiger partial charge is 0.272 e. The van der Waals surface area contributed by atoms with Crippen LogP contribution in [0.3, 0.4) is 0 Å². The van der Waals surface area contributed by atoms with Crippen molar-refractivity contribution in [2.24, 2.45) is 5.92 Å². The summed E-state index contributed by atoms with van der Waals surface area (Å²) < 4.78 is 0. The molecule has 128 valence electrons. The first-order valence-corrected chi connectivity index (χ1v) is 8.12. The van der Waals surface area contributed by atoms with Gasteiger partial charge in [0.25, 0.3) is 11.8 Å². The number of hydrogen-bond acceptors (Lipinski definition) is 3. The Labute approximate surface area is 142 Å². The molecule has 0 saturated carbocycles. The fourth-order valence-corrected chi connectivity index (χ4v) is 2.17. The van der Waals surface area contributed by atoms with Crippen LogP contribution in [0, 0.1) is 12.8 Å². The lowest BCUT2D eigenvalue weighted by Gasteiger charge is -2.08. The van der Waals surface area contributed by atoms with Crippen LogP contribution in [-0.2, 0) is 6.54 Å². The van der Waals surface area contributed by atoms with E-state index in [1.54, 1.807) is 0 Å². The summed E-state index contributed by atoms with van der Waals surface area (Å²) in [7, 11) is 0. The average Bonchev–Trinajstić information content (AvgIpc) is 3.03. The number of imidazole rings is 1. The molecule has 1 heterocycles. The van der Waals surface area contributed by atoms with Gasteiger partial charge < -0.3 is 15.6 Å². The Hall–Kier alpha value is -2.63. The van der Waals surface area contributed by atoms with E-state index in [0.717, 1.165) is 12.0 Å². The van der Waals surface area contributed by atoms with Crippen LogP contribution in [0.2, 0.25) is 0 Å². The fourth-order valence-electron chi connectivity index (χ4n) is 2.17. The SMILES string of the molecule is Cc1ccc(CNC(=O)c2[nH]cnc2C(=O)NCCC(C)C)cc1. The number of aryl methyl sites for hydroxylation is 1. The van der Waals surface area contributed by atoms with Crippen LogP contribution >= 0.6 is 0 Å². The predicted octanol–water partition coefficient (Wildman–Crippen LogP) is 2.42. The molecule has 2 amide bonds. The largest absolute Gasteiger partial charge is 0.351 e. The van der Waals surface area contributed by atoms with Crippen molar-refractivity contribution in [3.8, 4) is 0 Å². The summed E-state index contributed by atoms with van der Waals surface area (Å²) in [5.41, 5.74) is 2.47. The molecule has 2 aromatic rings. The third-order valence-corrected chi connectivity index (χ3v) is 3.66. The van der Waals surface area contributed by atoms with E-state index in [-0.39, 0.29) is 23.2 Å². The molecule has 0 spiro atoms. The lowest BCUT2D eigenvalue weighted by Crippen LogP contribution is -2.30. The molecule has 1 aromatic carbocycles. The highest BCUT2D eigenvalue weighted by Gasteiger charge is 2.19. The lowest BCUT2D eigenvalue weighted by atomic mass is 10.1. The van der Waals surface area contributed by atoms with E-state index in [0.29, 0.717) is 19.0 Å². The van der Waals surface area contributed by atoms with Gasteiger partial charge >= 0.3 is 0 Å². The van der Waals surface area contributed by atoms with Crippen molar-refractivity contribution in [1.82, 2.24) is 20.6 Å². The molecule has 0 saturated heterocycles. The number of nitrogens with one attached hydrogen (secondary N) is 3. The third-order valence-electron chi connectivity index (χ3n) is 3.66. The Balaban J connectivity index is 1.94. The molecule has 0 atom stereocenters. The normalized spacial score (nSPS) is 10.7. The zero-order valence-corrected chi connectivity index (χ0v) is 14.3. The first-order chi connectivity index (χ1) is 11.5. The maximum absolute atomic E-state index is 12.3. The van der Waals surface area contributed by atoms with Crippen molar-refractivity contribution in [1.29, 1.82) is 0 Å². The molecule has 0 aliphatic rings. The van der Waals surface area contributed by atoms with Crippen molar-refractivity contribution >= 4 is 11.8 Å². The Morgan fingerprint density at radius 3 is 2.50 bits per heavy atom. The standard InChI is InChI=1S/C18H24N4O2/c1-12(2)8-9-19-17(23)15-16(22-11-21-15)18(24)20-10-14-6-4-13(3)5-7-14/h4-7,11-12H,8-10H2,1-3H3,(H,19,23)(H,20,24)(H,21,22). The summed E-state index contributed by atoms with van der Waals surface area (Å²) in [4.78, 5) is 31.2. The maximum atomic E-state index is 12.3. The van der Waals surface area contributed by atoms with Crippen LogP contribution in [0.5, 0.6) is 0 Å². The molecule has 0 aliphatic heterocycles. The van der Waals surface area contributed by atoms with Gasteiger partial charge in [0.15, 0.2) is 5.69 Å². The second kappa shape index (κ2) is 8.29. The van der Waals surface area contributed by atoms with E-state index in [4.69, 9.17) is 0 Å².